The Labute approximate surface area is 147 Å². The van der Waals surface area contributed by atoms with E-state index in [1.807, 2.05) is 6.92 Å². The number of aromatic nitrogens is 3. The maximum Gasteiger partial charge on any atom is 0.416 e. The van der Waals surface area contributed by atoms with Gasteiger partial charge in [-0.2, -0.15) is 18.3 Å². The molecule has 0 atom stereocenters. The van der Waals surface area contributed by atoms with Crippen LogP contribution >= 0.6 is 0 Å². The van der Waals surface area contributed by atoms with Crippen LogP contribution < -0.4 is 5.32 Å². The molecular weight excluding hydrogens is 345 g/mol. The zero-order valence-electron chi connectivity index (χ0n) is 14.0. The summed E-state index contributed by atoms with van der Waals surface area (Å²) in [4.78, 5) is 16.0. The first-order chi connectivity index (χ1) is 12.4. The lowest BCUT2D eigenvalue weighted by atomic mass is 10.1. The Morgan fingerprint density at radius 3 is 2.81 bits per heavy atom. The number of alkyl halides is 3. The van der Waals surface area contributed by atoms with Crippen LogP contribution in [0.5, 0.6) is 0 Å². The minimum absolute atomic E-state index is 0.125. The van der Waals surface area contributed by atoms with Crippen LogP contribution in [-0.4, -0.2) is 27.2 Å². The molecule has 1 aromatic carbocycles. The quantitative estimate of drug-likeness (QED) is 0.758. The molecule has 0 aliphatic carbocycles. The number of halogens is 3. The lowest BCUT2D eigenvalue weighted by Gasteiger charge is -2.08. The van der Waals surface area contributed by atoms with Crippen LogP contribution in [0.2, 0.25) is 0 Å². The summed E-state index contributed by atoms with van der Waals surface area (Å²) in [5, 5.41) is 7.80. The van der Waals surface area contributed by atoms with Gasteiger partial charge in [-0.1, -0.05) is 12.1 Å². The van der Waals surface area contributed by atoms with E-state index in [9.17, 15) is 18.0 Å². The maximum absolute atomic E-state index is 12.8. The van der Waals surface area contributed by atoms with E-state index in [-0.39, 0.29) is 18.9 Å². The average molecular weight is 362 g/mol. The summed E-state index contributed by atoms with van der Waals surface area (Å²) >= 11 is 0. The fraction of sp³-hybridized carbons (Fsp3) is 0.278. The molecule has 2 aromatic heterocycles. The second kappa shape index (κ2) is 7.15. The smallest absolute Gasteiger partial charge is 0.356 e. The molecule has 8 heteroatoms. The molecule has 3 aromatic rings. The van der Waals surface area contributed by atoms with Gasteiger partial charge < -0.3 is 5.32 Å². The summed E-state index contributed by atoms with van der Waals surface area (Å²) in [5.41, 5.74) is 1.03. The Balaban J connectivity index is 1.87. The number of carbonyl (C=O) groups is 1. The Morgan fingerprint density at radius 1 is 1.27 bits per heavy atom. The lowest BCUT2D eigenvalue weighted by Crippen LogP contribution is -2.24. The van der Waals surface area contributed by atoms with Crippen LogP contribution in [0.25, 0.3) is 10.9 Å². The maximum atomic E-state index is 12.8. The first-order valence-electron chi connectivity index (χ1n) is 8.10. The van der Waals surface area contributed by atoms with Gasteiger partial charge in [-0.25, -0.2) is 0 Å². The van der Waals surface area contributed by atoms with Crippen molar-refractivity contribution in [1.82, 2.24) is 20.1 Å². The average Bonchev–Trinajstić information content (AvgIpc) is 2.98. The second-order valence-electron chi connectivity index (χ2n) is 5.85. The topological polar surface area (TPSA) is 59.8 Å². The van der Waals surface area contributed by atoms with Crippen LogP contribution in [0.4, 0.5) is 13.2 Å². The van der Waals surface area contributed by atoms with E-state index in [2.05, 4.69) is 15.4 Å². The van der Waals surface area contributed by atoms with Crippen molar-refractivity contribution in [2.45, 2.75) is 26.1 Å². The summed E-state index contributed by atoms with van der Waals surface area (Å²) in [6.07, 6.45) is -0.981. The van der Waals surface area contributed by atoms with E-state index in [0.29, 0.717) is 28.7 Å². The zero-order valence-corrected chi connectivity index (χ0v) is 14.0. The number of hydrogen-bond donors (Lipinski definition) is 1. The number of rotatable bonds is 5. The fourth-order valence-corrected chi connectivity index (χ4v) is 2.72. The highest BCUT2D eigenvalue weighted by Crippen LogP contribution is 2.29. The minimum Gasteiger partial charge on any atom is -0.356 e. The van der Waals surface area contributed by atoms with Crippen LogP contribution in [0.1, 0.15) is 23.7 Å². The van der Waals surface area contributed by atoms with Crippen molar-refractivity contribution in [2.24, 2.45) is 0 Å². The van der Waals surface area contributed by atoms with Crippen molar-refractivity contribution in [2.75, 3.05) is 6.54 Å². The van der Waals surface area contributed by atoms with E-state index in [4.69, 9.17) is 0 Å². The first kappa shape index (κ1) is 17.9. The Hall–Kier alpha value is -2.90. The molecule has 1 amide bonds. The number of nitrogens with zero attached hydrogens (tertiary/aromatic N) is 3. The third-order valence-electron chi connectivity index (χ3n) is 3.86. The fourth-order valence-electron chi connectivity index (χ4n) is 2.72. The van der Waals surface area contributed by atoms with Gasteiger partial charge in [-0.3, -0.25) is 14.5 Å². The summed E-state index contributed by atoms with van der Waals surface area (Å²) in [5.74, 6) is -0.141. The summed E-state index contributed by atoms with van der Waals surface area (Å²) in [7, 11) is 0. The Morgan fingerprint density at radius 2 is 2.08 bits per heavy atom. The van der Waals surface area contributed by atoms with E-state index < -0.39 is 11.7 Å². The van der Waals surface area contributed by atoms with Gasteiger partial charge in [0.2, 0.25) is 5.91 Å². The summed E-state index contributed by atoms with van der Waals surface area (Å²) < 4.78 is 40.1. The molecule has 136 valence electrons. The molecule has 5 nitrogen and oxygen atoms in total. The molecular formula is C18H17F3N4O. The molecule has 0 aliphatic rings. The molecule has 0 saturated carbocycles. The van der Waals surface area contributed by atoms with Crippen molar-refractivity contribution in [3.05, 3.63) is 59.5 Å². The predicted molar refractivity (Wildman–Crippen MR) is 90.5 cm³/mol. The van der Waals surface area contributed by atoms with Gasteiger partial charge in [0.1, 0.15) is 0 Å². The van der Waals surface area contributed by atoms with Gasteiger partial charge in [0.15, 0.2) is 0 Å². The number of fused-ring (bicyclic) bond motifs is 1. The highest BCUT2D eigenvalue weighted by Gasteiger charge is 2.30. The summed E-state index contributed by atoms with van der Waals surface area (Å²) in [6, 6.07) is 6.86. The van der Waals surface area contributed by atoms with Crippen LogP contribution in [-0.2, 0) is 23.9 Å². The molecule has 1 N–H and O–H groups in total. The normalized spacial score (nSPS) is 11.7. The third-order valence-corrected chi connectivity index (χ3v) is 3.86. The van der Waals surface area contributed by atoms with Gasteiger partial charge in [0.25, 0.3) is 0 Å². The number of amides is 1. The highest BCUT2D eigenvalue weighted by atomic mass is 19.4. The Kier molecular flexibility index (Phi) is 4.92. The van der Waals surface area contributed by atoms with Gasteiger partial charge >= 0.3 is 6.18 Å². The lowest BCUT2D eigenvalue weighted by molar-refractivity contribution is -0.137. The number of carbonyl (C=O) groups excluding carboxylic acids is 1. The molecule has 0 spiro atoms. The molecule has 0 unspecified atom stereocenters. The van der Waals surface area contributed by atoms with Crippen molar-refractivity contribution in [3.8, 4) is 0 Å². The van der Waals surface area contributed by atoms with E-state index in [1.54, 1.807) is 29.2 Å². The first-order valence-corrected chi connectivity index (χ1v) is 8.10. The number of likely N-dealkylation sites (N-methyl/N-ethyl adjacent to an activating group) is 1. The SMILES string of the molecule is CCNC(=O)Cc1nccc2nn(Cc3cccc(C(F)(F)F)c3)cc12. The zero-order chi connectivity index (χ0) is 18.7. The minimum atomic E-state index is -4.38. The third kappa shape index (κ3) is 4.01. The molecule has 0 aliphatic heterocycles. The van der Waals surface area contributed by atoms with Crippen LogP contribution in [0, 0.1) is 0 Å². The van der Waals surface area contributed by atoms with E-state index in [1.165, 1.54) is 6.07 Å². The van der Waals surface area contributed by atoms with Gasteiger partial charge in [0, 0.05) is 24.3 Å². The van der Waals surface area contributed by atoms with E-state index in [0.717, 1.165) is 12.1 Å². The van der Waals surface area contributed by atoms with E-state index >= 15 is 0 Å². The molecule has 2 heterocycles. The highest BCUT2D eigenvalue weighted by molar-refractivity contribution is 5.86. The molecule has 0 saturated heterocycles. The monoisotopic (exact) mass is 362 g/mol. The number of pyridine rings is 1. The summed E-state index contributed by atoms with van der Waals surface area (Å²) in [6.45, 7) is 2.56. The number of nitrogens with one attached hydrogen (secondary N) is 1. The van der Waals surface area contributed by atoms with Gasteiger partial charge in [-0.15, -0.1) is 0 Å². The van der Waals surface area contributed by atoms with Crippen molar-refractivity contribution >= 4 is 16.8 Å². The molecule has 0 radical (unpaired) electrons. The molecule has 3 rings (SSSR count). The molecule has 26 heavy (non-hydrogen) atoms. The van der Waals surface area contributed by atoms with Crippen LogP contribution in [0.15, 0.2) is 42.7 Å². The molecule has 0 fully saturated rings. The predicted octanol–water partition coefficient (Wildman–Crippen LogP) is 3.18. The van der Waals surface area contributed by atoms with Crippen molar-refractivity contribution in [1.29, 1.82) is 0 Å². The van der Waals surface area contributed by atoms with Gasteiger partial charge in [-0.05, 0) is 30.7 Å². The second-order valence-corrected chi connectivity index (χ2v) is 5.85. The van der Waals surface area contributed by atoms with Crippen LogP contribution in [0.3, 0.4) is 0 Å². The van der Waals surface area contributed by atoms with Crippen molar-refractivity contribution in [3.63, 3.8) is 0 Å². The standard InChI is InChI=1S/C18H17F3N4O/c1-2-22-17(26)9-16-14-11-25(24-15(14)6-7-23-16)10-12-4-3-5-13(8-12)18(19,20)21/h3-8,11H,2,9-10H2,1H3,(H,22,26). The number of benzene rings is 1. The largest absolute Gasteiger partial charge is 0.416 e. The molecule has 0 bridgehead atoms. The van der Waals surface area contributed by atoms with Gasteiger partial charge in [0.05, 0.1) is 29.7 Å². The van der Waals surface area contributed by atoms with Crippen molar-refractivity contribution < 1.29 is 18.0 Å². The Bertz CT molecular complexity index is 934. The number of hydrogen-bond acceptors (Lipinski definition) is 3.